The van der Waals surface area contributed by atoms with E-state index in [9.17, 15) is 18.3 Å². The fourth-order valence-corrected chi connectivity index (χ4v) is 6.81. The second kappa shape index (κ2) is 14.5. The van der Waals surface area contributed by atoms with Crippen LogP contribution in [-0.4, -0.2) is 68.1 Å². The van der Waals surface area contributed by atoms with Gasteiger partial charge in [-0.3, -0.25) is 14.4 Å². The monoisotopic (exact) mass is 641 g/mol. The van der Waals surface area contributed by atoms with Gasteiger partial charge in [-0.1, -0.05) is 79.2 Å². The number of nitrogens with zero attached hydrogens (tertiary/aromatic N) is 2. The van der Waals surface area contributed by atoms with Crippen molar-refractivity contribution in [1.29, 1.82) is 0 Å². The van der Waals surface area contributed by atoms with Gasteiger partial charge in [0.05, 0.1) is 24.0 Å². The van der Waals surface area contributed by atoms with Gasteiger partial charge in [-0.25, -0.2) is 8.42 Å². The first-order valence-corrected chi connectivity index (χ1v) is 17.1. The van der Waals surface area contributed by atoms with Crippen LogP contribution in [0.4, 0.5) is 5.69 Å². The first kappa shape index (κ1) is 33.2. The molecule has 8 nitrogen and oxygen atoms in total. The number of carbonyl (C=O) groups excluding carboxylic acids is 1. The number of amides is 1. The van der Waals surface area contributed by atoms with Crippen LogP contribution in [0.2, 0.25) is 0 Å². The molecular formula is C37H43N3O5S. The van der Waals surface area contributed by atoms with E-state index in [0.29, 0.717) is 36.6 Å². The molecule has 3 atom stereocenters. The smallest absolute Gasteiger partial charge is 0.261 e. The van der Waals surface area contributed by atoms with Gasteiger partial charge in [0.1, 0.15) is 11.9 Å². The molecule has 0 radical (unpaired) electrons. The van der Waals surface area contributed by atoms with Crippen molar-refractivity contribution < 1.29 is 23.1 Å². The maximum absolute atomic E-state index is 13.6. The van der Waals surface area contributed by atoms with Crippen molar-refractivity contribution in [1.82, 2.24) is 9.80 Å². The van der Waals surface area contributed by atoms with Crippen LogP contribution in [0.3, 0.4) is 0 Å². The van der Waals surface area contributed by atoms with Gasteiger partial charge in [0.15, 0.2) is 0 Å². The van der Waals surface area contributed by atoms with Gasteiger partial charge < -0.3 is 14.7 Å². The van der Waals surface area contributed by atoms with E-state index in [1.165, 1.54) is 16.7 Å². The minimum atomic E-state index is -3.83. The number of nitrogens with one attached hydrogen (secondary N) is 1. The summed E-state index contributed by atoms with van der Waals surface area (Å²) >= 11 is 0. The third-order valence-electron chi connectivity index (χ3n) is 8.51. The Bertz CT molecular complexity index is 1730. The second-order valence-electron chi connectivity index (χ2n) is 12.4. The lowest BCUT2D eigenvalue weighted by Crippen LogP contribution is -2.47. The standard InChI is InChI=1S/C37H43N3O5S/c1-26-10-17-34(18-11-26)46(43,44)38-33-16-19-35-32(20-33)21-37(42)40(28(3)25-41)22-27(2)36(45-35)24-39(4)23-29-12-14-31(15-13-29)30-8-6-5-7-9-30/h5-20,27-28,36,38,41H,21-25H2,1-4H3/t27-,28+,36+/m1/s1. The highest BCUT2D eigenvalue weighted by Gasteiger charge is 2.31. The molecule has 0 saturated carbocycles. The van der Waals surface area contributed by atoms with Gasteiger partial charge in [0.25, 0.3) is 10.0 Å². The molecule has 5 rings (SSSR count). The van der Waals surface area contributed by atoms with Gasteiger partial charge in [-0.15, -0.1) is 0 Å². The lowest BCUT2D eigenvalue weighted by atomic mass is 10.0. The van der Waals surface area contributed by atoms with E-state index in [2.05, 4.69) is 60.0 Å². The lowest BCUT2D eigenvalue weighted by Gasteiger charge is -2.34. The van der Waals surface area contributed by atoms with E-state index in [4.69, 9.17) is 4.74 Å². The average molecular weight is 642 g/mol. The van der Waals surface area contributed by atoms with Crippen molar-refractivity contribution >= 4 is 21.6 Å². The van der Waals surface area contributed by atoms with E-state index in [1.54, 1.807) is 47.4 Å². The molecule has 0 unspecified atom stereocenters. The van der Waals surface area contributed by atoms with Crippen molar-refractivity contribution in [2.45, 2.75) is 50.8 Å². The molecule has 1 heterocycles. The van der Waals surface area contributed by atoms with Gasteiger partial charge in [-0.2, -0.15) is 0 Å². The predicted octanol–water partition coefficient (Wildman–Crippen LogP) is 5.74. The molecular weight excluding hydrogens is 598 g/mol. The molecule has 4 aromatic rings. The molecule has 0 saturated heterocycles. The average Bonchev–Trinajstić information content (AvgIpc) is 3.08. The lowest BCUT2D eigenvalue weighted by molar-refractivity contribution is -0.134. The first-order chi connectivity index (χ1) is 22.0. The molecule has 0 aromatic heterocycles. The minimum Gasteiger partial charge on any atom is -0.488 e. The summed E-state index contributed by atoms with van der Waals surface area (Å²) in [5.41, 5.74) is 5.41. The number of aryl methyl sites for hydroxylation is 1. The molecule has 0 spiro atoms. The van der Waals surface area contributed by atoms with Crippen LogP contribution in [0.15, 0.2) is 102 Å². The van der Waals surface area contributed by atoms with Crippen LogP contribution in [0.1, 0.15) is 30.5 Å². The number of ether oxygens (including phenoxy) is 1. The minimum absolute atomic E-state index is 0.0167. The third-order valence-corrected chi connectivity index (χ3v) is 9.90. The Morgan fingerprint density at radius 2 is 1.65 bits per heavy atom. The Labute approximate surface area is 272 Å². The van der Waals surface area contributed by atoms with Crippen molar-refractivity contribution in [2.24, 2.45) is 5.92 Å². The van der Waals surface area contributed by atoms with E-state index in [1.807, 2.05) is 32.0 Å². The fourth-order valence-electron chi connectivity index (χ4n) is 5.76. The molecule has 9 heteroatoms. The number of likely N-dealkylation sites (N-methyl/N-ethyl adjacent to an activating group) is 1. The molecule has 242 valence electrons. The third kappa shape index (κ3) is 8.15. The van der Waals surface area contributed by atoms with Crippen LogP contribution in [0.25, 0.3) is 11.1 Å². The Hall–Kier alpha value is -4.18. The Kier molecular flexibility index (Phi) is 10.5. The van der Waals surface area contributed by atoms with E-state index in [0.717, 1.165) is 5.56 Å². The number of benzene rings is 4. The summed E-state index contributed by atoms with van der Waals surface area (Å²) in [6.07, 6.45) is -0.259. The Balaban J connectivity index is 1.37. The fraction of sp³-hybridized carbons (Fsp3) is 0.324. The number of hydrogen-bond acceptors (Lipinski definition) is 6. The van der Waals surface area contributed by atoms with E-state index in [-0.39, 0.29) is 41.9 Å². The Morgan fingerprint density at radius 3 is 2.33 bits per heavy atom. The van der Waals surface area contributed by atoms with Crippen molar-refractivity contribution in [2.75, 3.05) is 31.5 Å². The summed E-state index contributed by atoms with van der Waals surface area (Å²) in [6.45, 7) is 7.36. The molecule has 0 bridgehead atoms. The van der Waals surface area contributed by atoms with E-state index >= 15 is 0 Å². The zero-order valence-electron chi connectivity index (χ0n) is 26.9. The van der Waals surface area contributed by atoms with Gasteiger partial charge in [0, 0.05) is 36.8 Å². The van der Waals surface area contributed by atoms with Crippen molar-refractivity contribution in [3.63, 3.8) is 0 Å². The molecule has 46 heavy (non-hydrogen) atoms. The zero-order valence-corrected chi connectivity index (χ0v) is 27.7. The number of aliphatic hydroxyl groups excluding tert-OH is 1. The SMILES string of the molecule is Cc1ccc(S(=O)(=O)Nc2ccc3c(c2)CC(=O)N([C@@H](C)CO)C[C@@H](C)[C@H](CN(C)Cc2ccc(-c4ccccc4)cc2)O3)cc1. The van der Waals surface area contributed by atoms with Crippen LogP contribution >= 0.6 is 0 Å². The van der Waals surface area contributed by atoms with Gasteiger partial charge in [0.2, 0.25) is 5.91 Å². The molecule has 1 amide bonds. The summed E-state index contributed by atoms with van der Waals surface area (Å²) in [4.78, 5) is 17.7. The summed E-state index contributed by atoms with van der Waals surface area (Å²) in [5.74, 6) is 0.346. The highest BCUT2D eigenvalue weighted by atomic mass is 32.2. The molecule has 0 fully saturated rings. The van der Waals surface area contributed by atoms with Crippen LogP contribution in [0, 0.1) is 12.8 Å². The Morgan fingerprint density at radius 1 is 0.978 bits per heavy atom. The number of carbonyl (C=O) groups is 1. The number of anilines is 1. The van der Waals surface area contributed by atoms with Gasteiger partial charge in [-0.05, 0) is 67.9 Å². The zero-order chi connectivity index (χ0) is 32.8. The maximum Gasteiger partial charge on any atom is 0.261 e. The number of rotatable bonds is 10. The summed E-state index contributed by atoms with van der Waals surface area (Å²) in [5, 5.41) is 9.97. The van der Waals surface area contributed by atoms with Crippen molar-refractivity contribution in [3.05, 3.63) is 114 Å². The normalized spacial score (nSPS) is 17.8. The summed E-state index contributed by atoms with van der Waals surface area (Å²) in [7, 11) is -1.78. The topological polar surface area (TPSA) is 99.2 Å². The summed E-state index contributed by atoms with van der Waals surface area (Å²) < 4.78 is 35.5. The number of aliphatic hydroxyl groups is 1. The molecule has 0 aliphatic carbocycles. The predicted molar refractivity (Wildman–Crippen MR) is 182 cm³/mol. The summed E-state index contributed by atoms with van der Waals surface area (Å²) in [6, 6.07) is 30.2. The second-order valence-corrected chi connectivity index (χ2v) is 14.1. The largest absolute Gasteiger partial charge is 0.488 e. The van der Waals surface area contributed by atoms with Crippen LogP contribution in [-0.2, 0) is 27.8 Å². The highest BCUT2D eigenvalue weighted by molar-refractivity contribution is 7.92. The molecule has 4 aromatic carbocycles. The van der Waals surface area contributed by atoms with Crippen LogP contribution in [0.5, 0.6) is 5.75 Å². The van der Waals surface area contributed by atoms with Crippen LogP contribution < -0.4 is 9.46 Å². The van der Waals surface area contributed by atoms with E-state index < -0.39 is 10.0 Å². The van der Waals surface area contributed by atoms with Gasteiger partial charge >= 0.3 is 0 Å². The molecule has 1 aliphatic heterocycles. The van der Waals surface area contributed by atoms with Crippen molar-refractivity contribution in [3.8, 4) is 16.9 Å². The first-order valence-electron chi connectivity index (χ1n) is 15.6. The molecule has 2 N–H and O–H groups in total. The maximum atomic E-state index is 13.6. The molecule has 1 aliphatic rings. The number of hydrogen-bond donors (Lipinski definition) is 2. The number of fused-ring (bicyclic) bond motifs is 1. The quantitative estimate of drug-likeness (QED) is 0.229. The number of sulfonamides is 1. The highest BCUT2D eigenvalue weighted by Crippen LogP contribution is 2.30.